The van der Waals surface area contributed by atoms with E-state index >= 15 is 0 Å². The van der Waals surface area contributed by atoms with E-state index in [1.165, 1.54) is 4.90 Å². The van der Waals surface area contributed by atoms with Gasteiger partial charge in [-0.1, -0.05) is 23.7 Å². The van der Waals surface area contributed by atoms with Crippen LogP contribution in [0.4, 0.5) is 0 Å². The Morgan fingerprint density at radius 3 is 2.30 bits per heavy atom. The van der Waals surface area contributed by atoms with Gasteiger partial charge in [-0.2, -0.15) is 0 Å². The van der Waals surface area contributed by atoms with E-state index < -0.39 is 0 Å². The fourth-order valence-corrected chi connectivity index (χ4v) is 3.26. The predicted molar refractivity (Wildman–Crippen MR) is 83.0 cm³/mol. The number of carbonyl (C=O) groups excluding carboxylic acids is 3. The van der Waals surface area contributed by atoms with Gasteiger partial charge in [0.2, 0.25) is 0 Å². The number of ether oxygens (including phenoxy) is 1. The third kappa shape index (κ3) is 3.23. The van der Waals surface area contributed by atoms with Crippen LogP contribution in [-0.2, 0) is 14.3 Å². The monoisotopic (exact) mass is 336 g/mol. The van der Waals surface area contributed by atoms with E-state index in [4.69, 9.17) is 16.3 Å². The lowest BCUT2D eigenvalue weighted by molar-refractivity contribution is -0.162. The molecule has 3 rings (SSSR count). The first-order chi connectivity index (χ1) is 11.1. The Balaban J connectivity index is 1.64. The topological polar surface area (TPSA) is 66.9 Å². The minimum Gasteiger partial charge on any atom is -0.362 e. The first-order valence-electron chi connectivity index (χ1n) is 7.54. The van der Waals surface area contributed by atoms with Crippen molar-refractivity contribution >= 4 is 29.3 Å². The Hall–Kier alpha value is -1.92. The Bertz CT molecular complexity index is 625. The molecule has 3 amide bonds. The highest BCUT2D eigenvalue weighted by Crippen LogP contribution is 2.23. The highest BCUT2D eigenvalue weighted by molar-refractivity contribution is 6.33. The van der Waals surface area contributed by atoms with Crippen LogP contribution >= 0.6 is 11.6 Å². The fraction of sp³-hybridized carbons (Fsp3) is 0.438. The van der Waals surface area contributed by atoms with Crippen molar-refractivity contribution in [2.24, 2.45) is 0 Å². The number of likely N-dealkylation sites (tertiary alicyclic amines) is 1. The van der Waals surface area contributed by atoms with Gasteiger partial charge >= 0.3 is 0 Å². The van der Waals surface area contributed by atoms with Crippen molar-refractivity contribution in [1.82, 2.24) is 9.80 Å². The van der Waals surface area contributed by atoms with Gasteiger partial charge < -0.3 is 9.64 Å². The van der Waals surface area contributed by atoms with Crippen molar-refractivity contribution in [1.29, 1.82) is 0 Å². The van der Waals surface area contributed by atoms with Crippen molar-refractivity contribution in [3.8, 4) is 0 Å². The summed E-state index contributed by atoms with van der Waals surface area (Å²) in [7, 11) is 0. The molecule has 0 bridgehead atoms. The Morgan fingerprint density at radius 2 is 1.70 bits per heavy atom. The molecule has 1 aromatic carbocycles. The standard InChI is InChI=1S/C16H17ClN2O4/c17-13-4-2-1-3-12(13)16(22)18-7-5-11(6-8-18)19-14(20)9-23-10-15(19)21/h1-4,11H,5-10H2. The first-order valence-corrected chi connectivity index (χ1v) is 7.92. The maximum absolute atomic E-state index is 12.5. The van der Waals surface area contributed by atoms with Gasteiger partial charge in [0.15, 0.2) is 0 Å². The molecule has 2 heterocycles. The average molecular weight is 337 g/mol. The number of hydrogen-bond acceptors (Lipinski definition) is 4. The lowest BCUT2D eigenvalue weighted by Crippen LogP contribution is -2.55. The van der Waals surface area contributed by atoms with E-state index in [0.29, 0.717) is 36.5 Å². The molecule has 1 aromatic rings. The Morgan fingerprint density at radius 1 is 1.09 bits per heavy atom. The van der Waals surface area contributed by atoms with Crippen molar-refractivity contribution < 1.29 is 19.1 Å². The summed E-state index contributed by atoms with van der Waals surface area (Å²) in [6.07, 6.45) is 1.15. The number of halogens is 1. The second-order valence-electron chi connectivity index (χ2n) is 5.65. The molecule has 2 aliphatic heterocycles. The summed E-state index contributed by atoms with van der Waals surface area (Å²) in [5, 5.41) is 0.429. The largest absolute Gasteiger partial charge is 0.362 e. The molecule has 0 aliphatic carbocycles. The van der Waals surface area contributed by atoms with Crippen molar-refractivity contribution in [2.75, 3.05) is 26.3 Å². The van der Waals surface area contributed by atoms with Gasteiger partial charge in [0.1, 0.15) is 13.2 Å². The molecule has 2 saturated heterocycles. The second kappa shape index (κ2) is 6.68. The Labute approximate surface area is 138 Å². The van der Waals surface area contributed by atoms with Gasteiger partial charge in [-0.25, -0.2) is 0 Å². The van der Waals surface area contributed by atoms with Gasteiger partial charge in [0.05, 0.1) is 10.6 Å². The number of rotatable bonds is 2. The molecule has 0 spiro atoms. The van der Waals surface area contributed by atoms with Crippen LogP contribution in [0.2, 0.25) is 5.02 Å². The predicted octanol–water partition coefficient (Wildman–Crippen LogP) is 1.33. The summed E-state index contributed by atoms with van der Waals surface area (Å²) in [6, 6.07) is 6.78. The molecule has 0 atom stereocenters. The number of piperidine rings is 1. The SMILES string of the molecule is O=C(c1ccccc1Cl)N1CCC(N2C(=O)COCC2=O)CC1. The smallest absolute Gasteiger partial charge is 0.255 e. The summed E-state index contributed by atoms with van der Waals surface area (Å²) < 4.78 is 4.93. The van der Waals surface area contributed by atoms with Crippen molar-refractivity contribution in [3.63, 3.8) is 0 Å². The number of benzene rings is 1. The maximum atomic E-state index is 12.5. The first kappa shape index (κ1) is 16.0. The van der Waals surface area contributed by atoms with Crippen molar-refractivity contribution in [2.45, 2.75) is 18.9 Å². The normalized spacial score (nSPS) is 20.0. The second-order valence-corrected chi connectivity index (χ2v) is 6.06. The van der Waals surface area contributed by atoms with Crippen LogP contribution in [0.1, 0.15) is 23.2 Å². The zero-order valence-electron chi connectivity index (χ0n) is 12.5. The molecule has 2 fully saturated rings. The molecular formula is C16H17ClN2O4. The number of amides is 3. The van der Waals surface area contributed by atoms with E-state index in [2.05, 4.69) is 0 Å². The molecule has 6 nitrogen and oxygen atoms in total. The molecule has 122 valence electrons. The average Bonchev–Trinajstić information content (AvgIpc) is 2.55. The van der Waals surface area contributed by atoms with Crippen molar-refractivity contribution in [3.05, 3.63) is 34.9 Å². The third-order valence-corrected chi connectivity index (χ3v) is 4.54. The fourth-order valence-electron chi connectivity index (χ4n) is 3.04. The van der Waals surface area contributed by atoms with Gasteiger partial charge in [0.25, 0.3) is 17.7 Å². The van der Waals surface area contributed by atoms with E-state index in [9.17, 15) is 14.4 Å². The molecule has 2 aliphatic rings. The maximum Gasteiger partial charge on any atom is 0.255 e. The quantitative estimate of drug-likeness (QED) is 0.764. The number of nitrogens with zero attached hydrogens (tertiary/aromatic N) is 2. The summed E-state index contributed by atoms with van der Waals surface area (Å²) in [5.74, 6) is -0.706. The minimum absolute atomic E-state index is 0.0511. The molecule has 0 aromatic heterocycles. The highest BCUT2D eigenvalue weighted by atomic mass is 35.5. The third-order valence-electron chi connectivity index (χ3n) is 4.21. The van der Waals surface area contributed by atoms with Gasteiger partial charge in [-0.3, -0.25) is 19.3 Å². The molecule has 0 unspecified atom stereocenters. The molecule has 0 radical (unpaired) electrons. The van der Waals surface area contributed by atoms with Crippen LogP contribution < -0.4 is 0 Å². The van der Waals surface area contributed by atoms with Gasteiger partial charge in [-0.15, -0.1) is 0 Å². The number of imide groups is 1. The summed E-state index contributed by atoms with van der Waals surface area (Å²) in [5.41, 5.74) is 0.478. The zero-order chi connectivity index (χ0) is 16.4. The number of morpholine rings is 1. The molecule has 7 heteroatoms. The van der Waals surface area contributed by atoms with Gasteiger partial charge in [0, 0.05) is 19.1 Å². The molecule has 23 heavy (non-hydrogen) atoms. The van der Waals surface area contributed by atoms with E-state index in [0.717, 1.165) is 0 Å². The van der Waals surface area contributed by atoms with Crippen LogP contribution in [-0.4, -0.2) is 59.9 Å². The van der Waals surface area contributed by atoms with Crippen LogP contribution in [0.5, 0.6) is 0 Å². The van der Waals surface area contributed by atoms with E-state index in [1.807, 2.05) is 0 Å². The molecule has 0 N–H and O–H groups in total. The van der Waals surface area contributed by atoms with Gasteiger partial charge in [-0.05, 0) is 25.0 Å². The highest BCUT2D eigenvalue weighted by Gasteiger charge is 2.36. The van der Waals surface area contributed by atoms with E-state index in [1.54, 1.807) is 29.2 Å². The van der Waals surface area contributed by atoms with Crippen LogP contribution in [0.3, 0.4) is 0 Å². The summed E-state index contributed by atoms with van der Waals surface area (Å²) in [4.78, 5) is 39.3. The molecule has 0 saturated carbocycles. The lowest BCUT2D eigenvalue weighted by Gasteiger charge is -2.38. The summed E-state index contributed by atoms with van der Waals surface area (Å²) >= 11 is 6.07. The van der Waals surface area contributed by atoms with Crippen LogP contribution in [0.15, 0.2) is 24.3 Å². The van der Waals surface area contributed by atoms with E-state index in [-0.39, 0.29) is 37.0 Å². The number of hydrogen-bond donors (Lipinski definition) is 0. The lowest BCUT2D eigenvalue weighted by atomic mass is 10.0. The minimum atomic E-state index is -0.294. The van der Waals surface area contributed by atoms with Crippen LogP contribution in [0.25, 0.3) is 0 Å². The Kier molecular flexibility index (Phi) is 4.63. The number of carbonyl (C=O) groups is 3. The summed E-state index contributed by atoms with van der Waals surface area (Å²) in [6.45, 7) is 0.883. The molecular weight excluding hydrogens is 320 g/mol. The zero-order valence-corrected chi connectivity index (χ0v) is 13.3. The van der Waals surface area contributed by atoms with Crippen LogP contribution in [0, 0.1) is 0 Å².